The molecule has 14 heteroatoms. The van der Waals surface area contributed by atoms with Crippen molar-refractivity contribution < 1.29 is 31.1 Å². The topological polar surface area (TPSA) is 128 Å². The number of carbonyl (C=O) groups is 1. The van der Waals surface area contributed by atoms with Crippen LogP contribution >= 0.6 is 11.6 Å². The molecule has 0 unspecified atom stereocenters. The van der Waals surface area contributed by atoms with Gasteiger partial charge < -0.3 is 15.0 Å². The van der Waals surface area contributed by atoms with Crippen molar-refractivity contribution in [3.8, 4) is 0 Å². The second-order valence-corrected chi connectivity index (χ2v) is 10.5. The first-order valence-corrected chi connectivity index (χ1v) is 12.7. The summed E-state index contributed by atoms with van der Waals surface area (Å²) in [5, 5.41) is 7.40. The zero-order valence-corrected chi connectivity index (χ0v) is 20.1. The Labute approximate surface area is 204 Å². The molecule has 2 aliphatic rings. The number of nitrogens with one attached hydrogen (secondary N) is 1. The fourth-order valence-electron chi connectivity index (χ4n) is 4.02. The lowest BCUT2D eigenvalue weighted by Crippen LogP contribution is -2.53. The summed E-state index contributed by atoms with van der Waals surface area (Å²) in [6, 6.07) is 3.80. The second-order valence-electron chi connectivity index (χ2n) is 8.62. The Hall–Kier alpha value is -2.48. The molecular formula is C21H23ClF3N5O4S. The largest absolute Gasteiger partial charge is 0.416 e. The Balaban J connectivity index is 1.72. The summed E-state index contributed by atoms with van der Waals surface area (Å²) in [7, 11) is -4.12. The zero-order valence-electron chi connectivity index (χ0n) is 18.5. The summed E-state index contributed by atoms with van der Waals surface area (Å²) in [5.41, 5.74) is 0.553. The van der Waals surface area contributed by atoms with Crippen molar-refractivity contribution in [1.82, 2.24) is 9.97 Å². The number of primary sulfonamides is 1. The van der Waals surface area contributed by atoms with Gasteiger partial charge in [-0.15, -0.1) is 0 Å². The Kier molecular flexibility index (Phi) is 6.97. The third-order valence-corrected chi connectivity index (χ3v) is 7.04. The van der Waals surface area contributed by atoms with Gasteiger partial charge in [-0.3, -0.25) is 4.79 Å². The lowest BCUT2D eigenvalue weighted by atomic mass is 9.82. The van der Waals surface area contributed by atoms with Gasteiger partial charge in [0.1, 0.15) is 5.82 Å². The number of nitrogens with zero attached hydrogens (tertiary/aromatic N) is 3. The number of aromatic nitrogens is 2. The molecule has 1 amide bonds. The molecule has 2 fully saturated rings. The number of amides is 1. The standard InChI is InChI=1S/C21H23ClF3N5O4S/c1-11-9-30(10-16(34-11)21(23,24)25)19-14(8-15(22)18(29-19)12-3-2-4-12)20(31)28-13-5-6-27-17(7-13)35(26,32)33/h5-8,11-12,16H,2-4,9-10H2,1H3,(H2,26,32,33)(H,27,28,31)/t11-,16+/m1/s1. The van der Waals surface area contributed by atoms with Crippen molar-refractivity contribution >= 4 is 39.0 Å². The van der Waals surface area contributed by atoms with Crippen LogP contribution in [0.25, 0.3) is 0 Å². The summed E-state index contributed by atoms with van der Waals surface area (Å²) in [6.45, 7) is 1.05. The van der Waals surface area contributed by atoms with Gasteiger partial charge in [0.2, 0.25) is 0 Å². The van der Waals surface area contributed by atoms with Gasteiger partial charge in [-0.2, -0.15) is 13.2 Å². The van der Waals surface area contributed by atoms with Crippen LogP contribution < -0.4 is 15.4 Å². The smallest absolute Gasteiger partial charge is 0.362 e. The zero-order chi connectivity index (χ0) is 25.5. The van der Waals surface area contributed by atoms with E-state index in [4.69, 9.17) is 21.5 Å². The molecule has 0 aromatic carbocycles. The first-order chi connectivity index (χ1) is 16.3. The van der Waals surface area contributed by atoms with E-state index < -0.39 is 45.9 Å². The number of nitrogens with two attached hydrogens (primary N) is 1. The van der Waals surface area contributed by atoms with E-state index in [0.717, 1.165) is 31.5 Å². The number of alkyl halides is 3. The van der Waals surface area contributed by atoms with Crippen LogP contribution in [0.5, 0.6) is 0 Å². The summed E-state index contributed by atoms with van der Waals surface area (Å²) in [4.78, 5) is 22.8. The molecular weight excluding hydrogens is 511 g/mol. The Morgan fingerprint density at radius 3 is 2.60 bits per heavy atom. The number of anilines is 2. The maximum atomic E-state index is 13.5. The van der Waals surface area contributed by atoms with Gasteiger partial charge in [0, 0.05) is 30.4 Å². The van der Waals surface area contributed by atoms with Gasteiger partial charge >= 0.3 is 6.18 Å². The van der Waals surface area contributed by atoms with Crippen molar-refractivity contribution in [2.75, 3.05) is 23.3 Å². The number of halogens is 4. The van der Waals surface area contributed by atoms with Crippen molar-refractivity contribution in [3.05, 3.63) is 40.7 Å². The van der Waals surface area contributed by atoms with E-state index in [0.29, 0.717) is 5.69 Å². The van der Waals surface area contributed by atoms with E-state index in [1.54, 1.807) is 0 Å². The number of hydrogen-bond acceptors (Lipinski definition) is 7. The normalized spacial score (nSPS) is 21.5. The average Bonchev–Trinajstić information content (AvgIpc) is 2.72. The Morgan fingerprint density at radius 1 is 1.29 bits per heavy atom. The third kappa shape index (κ3) is 5.68. The summed E-state index contributed by atoms with van der Waals surface area (Å²) in [6.07, 6.45) is -3.60. The predicted molar refractivity (Wildman–Crippen MR) is 122 cm³/mol. The molecule has 1 saturated carbocycles. The molecule has 1 saturated heterocycles. The van der Waals surface area contributed by atoms with Crippen LogP contribution in [0.3, 0.4) is 0 Å². The summed E-state index contributed by atoms with van der Waals surface area (Å²) >= 11 is 6.44. The number of ether oxygens (including phenoxy) is 1. The van der Waals surface area contributed by atoms with E-state index in [-0.39, 0.29) is 34.6 Å². The molecule has 3 heterocycles. The lowest BCUT2D eigenvalue weighted by molar-refractivity contribution is -0.233. The van der Waals surface area contributed by atoms with Gasteiger partial charge in [-0.25, -0.2) is 23.5 Å². The van der Waals surface area contributed by atoms with Crippen LogP contribution in [-0.2, 0) is 14.8 Å². The van der Waals surface area contributed by atoms with Gasteiger partial charge in [0.05, 0.1) is 28.9 Å². The predicted octanol–water partition coefficient (Wildman–Crippen LogP) is 3.45. The van der Waals surface area contributed by atoms with E-state index in [1.807, 2.05) is 0 Å². The highest BCUT2D eigenvalue weighted by Gasteiger charge is 2.46. The second kappa shape index (κ2) is 9.52. The highest BCUT2D eigenvalue weighted by atomic mass is 35.5. The minimum Gasteiger partial charge on any atom is -0.362 e. The number of hydrogen-bond donors (Lipinski definition) is 2. The molecule has 3 N–H and O–H groups in total. The van der Waals surface area contributed by atoms with Gasteiger partial charge in [0.15, 0.2) is 11.1 Å². The maximum Gasteiger partial charge on any atom is 0.416 e. The third-order valence-electron chi connectivity index (χ3n) is 5.93. The fourth-order valence-corrected chi connectivity index (χ4v) is 4.82. The average molecular weight is 534 g/mol. The molecule has 9 nitrogen and oxygen atoms in total. The SMILES string of the molecule is C[C@@H]1CN(c2nc(C3CCC3)c(Cl)cc2C(=O)Nc2ccnc(S(N)(=O)=O)c2)C[C@@H](C(F)(F)F)O1. The molecule has 1 aliphatic carbocycles. The van der Waals surface area contributed by atoms with Crippen molar-refractivity contribution in [2.24, 2.45) is 5.14 Å². The molecule has 0 spiro atoms. The molecule has 35 heavy (non-hydrogen) atoms. The Bertz CT molecular complexity index is 1240. The molecule has 2 atom stereocenters. The molecule has 2 aromatic rings. The van der Waals surface area contributed by atoms with Crippen LogP contribution in [0.4, 0.5) is 24.7 Å². The number of rotatable bonds is 5. The fraction of sp³-hybridized carbons (Fsp3) is 0.476. The summed E-state index contributed by atoms with van der Waals surface area (Å²) < 4.78 is 68.7. The van der Waals surface area contributed by atoms with Crippen LogP contribution in [0.15, 0.2) is 29.4 Å². The van der Waals surface area contributed by atoms with E-state index in [9.17, 15) is 26.4 Å². The van der Waals surface area contributed by atoms with Gasteiger partial charge in [-0.1, -0.05) is 18.0 Å². The highest BCUT2D eigenvalue weighted by Crippen LogP contribution is 2.41. The first kappa shape index (κ1) is 25.6. The quantitative estimate of drug-likeness (QED) is 0.602. The van der Waals surface area contributed by atoms with Gasteiger partial charge in [-0.05, 0) is 31.9 Å². The van der Waals surface area contributed by atoms with E-state index in [1.165, 1.54) is 24.0 Å². The number of sulfonamides is 1. The first-order valence-electron chi connectivity index (χ1n) is 10.8. The van der Waals surface area contributed by atoms with E-state index in [2.05, 4.69) is 15.3 Å². The minimum absolute atomic E-state index is 0.0536. The highest BCUT2D eigenvalue weighted by molar-refractivity contribution is 7.89. The van der Waals surface area contributed by atoms with Crippen LogP contribution in [0.1, 0.15) is 48.2 Å². The van der Waals surface area contributed by atoms with E-state index >= 15 is 0 Å². The molecule has 1 aliphatic heterocycles. The number of carbonyl (C=O) groups excluding carboxylic acids is 1. The monoisotopic (exact) mass is 533 g/mol. The number of morpholine rings is 1. The van der Waals surface area contributed by atoms with Crippen LogP contribution in [0.2, 0.25) is 5.02 Å². The van der Waals surface area contributed by atoms with Gasteiger partial charge in [0.25, 0.3) is 15.9 Å². The molecule has 0 radical (unpaired) electrons. The molecule has 190 valence electrons. The minimum atomic E-state index is -4.60. The van der Waals surface area contributed by atoms with Crippen molar-refractivity contribution in [2.45, 2.75) is 55.5 Å². The molecule has 2 aromatic heterocycles. The van der Waals surface area contributed by atoms with Crippen LogP contribution in [0, 0.1) is 0 Å². The maximum absolute atomic E-state index is 13.5. The number of pyridine rings is 2. The lowest BCUT2D eigenvalue weighted by Gasteiger charge is -2.39. The Morgan fingerprint density at radius 2 is 2.00 bits per heavy atom. The summed E-state index contributed by atoms with van der Waals surface area (Å²) in [5.74, 6) is -0.615. The van der Waals surface area contributed by atoms with Crippen LogP contribution in [-0.4, -0.2) is 55.8 Å². The van der Waals surface area contributed by atoms with Crippen molar-refractivity contribution in [1.29, 1.82) is 0 Å². The van der Waals surface area contributed by atoms with Crippen molar-refractivity contribution in [3.63, 3.8) is 0 Å². The molecule has 0 bridgehead atoms. The molecule has 4 rings (SSSR count).